The van der Waals surface area contributed by atoms with Crippen LogP contribution in [0.25, 0.3) is 0 Å². The van der Waals surface area contributed by atoms with E-state index in [2.05, 4.69) is 6.92 Å². The van der Waals surface area contributed by atoms with Gasteiger partial charge in [0, 0.05) is 0 Å². The van der Waals surface area contributed by atoms with Gasteiger partial charge in [-0.15, -0.1) is 0 Å². The smallest absolute Gasteiger partial charge is 0.0266 e. The largest absolute Gasteiger partial charge is 0.0654 e. The third kappa shape index (κ3) is 0.720. The van der Waals surface area contributed by atoms with Gasteiger partial charge < -0.3 is 0 Å². The van der Waals surface area contributed by atoms with Gasteiger partial charge in [0.25, 0.3) is 0 Å². The summed E-state index contributed by atoms with van der Waals surface area (Å²) in [6.45, 7) is 2.30. The van der Waals surface area contributed by atoms with Gasteiger partial charge in [0.05, 0.1) is 0 Å². The fourth-order valence-corrected chi connectivity index (χ4v) is 2.35. The molecule has 0 aromatic heterocycles. The van der Waals surface area contributed by atoms with E-state index >= 15 is 0 Å². The van der Waals surface area contributed by atoms with E-state index < -0.39 is 0 Å². The summed E-state index contributed by atoms with van der Waals surface area (Å²) in [4.78, 5) is 0. The van der Waals surface area contributed by atoms with Gasteiger partial charge in [-0.3, -0.25) is 0 Å². The van der Waals surface area contributed by atoms with E-state index in [0.29, 0.717) is 0 Å². The zero-order valence-corrected chi connectivity index (χ0v) is 6.32. The molecule has 2 rings (SSSR count). The van der Waals surface area contributed by atoms with Crippen molar-refractivity contribution in [2.45, 2.75) is 45.4 Å². The second-order valence-corrected chi connectivity index (χ2v) is 3.91. The molecule has 0 aromatic rings. The molecule has 2 aliphatic carbocycles. The molecule has 2 saturated carbocycles. The van der Waals surface area contributed by atoms with Crippen LogP contribution in [0.5, 0.6) is 0 Å². The zero-order valence-electron chi connectivity index (χ0n) is 6.32. The Labute approximate surface area is 57.6 Å². The Hall–Kier alpha value is 0. The minimum atomic E-state index is 0.940. The Morgan fingerprint density at radius 3 is 2.78 bits per heavy atom. The van der Waals surface area contributed by atoms with Crippen molar-refractivity contribution in [3.8, 4) is 0 Å². The molecule has 0 nitrogen and oxygen atoms in total. The maximum absolute atomic E-state index is 2.30. The van der Waals surface area contributed by atoms with Gasteiger partial charge in [-0.1, -0.05) is 19.8 Å². The summed E-state index contributed by atoms with van der Waals surface area (Å²) >= 11 is 0. The number of rotatable bonds is 3. The van der Waals surface area contributed by atoms with Crippen LogP contribution in [0.3, 0.4) is 0 Å². The lowest BCUT2D eigenvalue weighted by atomic mass is 9.81. The lowest BCUT2D eigenvalue weighted by Gasteiger charge is -2.24. The van der Waals surface area contributed by atoms with E-state index in [0.717, 1.165) is 5.41 Å². The highest BCUT2D eigenvalue weighted by Gasteiger charge is 2.59. The highest BCUT2D eigenvalue weighted by atomic mass is 14.6. The fourth-order valence-electron chi connectivity index (χ4n) is 2.35. The maximum Gasteiger partial charge on any atom is -0.0266 e. The van der Waals surface area contributed by atoms with Crippen LogP contribution in [0.1, 0.15) is 45.4 Å². The minimum absolute atomic E-state index is 0.940. The van der Waals surface area contributed by atoms with E-state index in [9.17, 15) is 0 Å². The van der Waals surface area contributed by atoms with Crippen LogP contribution in [0.15, 0.2) is 0 Å². The molecule has 0 spiro atoms. The molecule has 2 aliphatic rings. The number of fused-ring (bicyclic) bond motifs is 1. The number of unbranched alkanes of at least 4 members (excludes halogenated alkanes) is 1. The molecule has 2 atom stereocenters. The van der Waals surface area contributed by atoms with Crippen LogP contribution in [0, 0.1) is 11.3 Å². The summed E-state index contributed by atoms with van der Waals surface area (Å²) < 4.78 is 0. The molecule has 0 heteroatoms. The first-order valence-corrected chi connectivity index (χ1v) is 4.37. The molecule has 0 bridgehead atoms. The molecule has 0 saturated heterocycles. The van der Waals surface area contributed by atoms with Crippen LogP contribution < -0.4 is 0 Å². The standard InChI is InChI=1S/C9H16/c1-2-3-5-9-6-4-8(9)7-9/h8H,2-7H2,1H3. The highest BCUT2D eigenvalue weighted by molar-refractivity contribution is 5.09. The van der Waals surface area contributed by atoms with Gasteiger partial charge in [0.15, 0.2) is 0 Å². The first kappa shape index (κ1) is 5.76. The lowest BCUT2D eigenvalue weighted by Crippen LogP contribution is -2.13. The van der Waals surface area contributed by atoms with Gasteiger partial charge in [-0.2, -0.15) is 0 Å². The maximum atomic E-state index is 2.30. The van der Waals surface area contributed by atoms with Crippen molar-refractivity contribution in [2.75, 3.05) is 0 Å². The molecule has 2 fully saturated rings. The third-order valence-corrected chi connectivity index (χ3v) is 3.38. The Morgan fingerprint density at radius 1 is 1.56 bits per heavy atom. The van der Waals surface area contributed by atoms with Crippen molar-refractivity contribution in [1.82, 2.24) is 0 Å². The van der Waals surface area contributed by atoms with Gasteiger partial charge in [-0.05, 0) is 37.0 Å². The van der Waals surface area contributed by atoms with Crippen molar-refractivity contribution in [1.29, 1.82) is 0 Å². The SMILES string of the molecule is CCCCC12CCC1C2. The minimum Gasteiger partial charge on any atom is -0.0654 e. The zero-order chi connectivity index (χ0) is 6.32. The van der Waals surface area contributed by atoms with E-state index in [1.165, 1.54) is 18.8 Å². The summed E-state index contributed by atoms with van der Waals surface area (Å²) in [5.41, 5.74) is 0.940. The molecular weight excluding hydrogens is 108 g/mol. The van der Waals surface area contributed by atoms with Gasteiger partial charge in [0.2, 0.25) is 0 Å². The first-order valence-electron chi connectivity index (χ1n) is 4.37. The summed E-state index contributed by atoms with van der Waals surface area (Å²) in [6.07, 6.45) is 9.15. The predicted octanol–water partition coefficient (Wildman–Crippen LogP) is 2.98. The van der Waals surface area contributed by atoms with Crippen molar-refractivity contribution in [2.24, 2.45) is 11.3 Å². The Kier molecular flexibility index (Phi) is 1.12. The quantitative estimate of drug-likeness (QED) is 0.542. The van der Waals surface area contributed by atoms with Crippen molar-refractivity contribution < 1.29 is 0 Å². The normalized spacial score (nSPS) is 45.7. The molecule has 0 N–H and O–H groups in total. The van der Waals surface area contributed by atoms with Gasteiger partial charge in [0.1, 0.15) is 0 Å². The second-order valence-electron chi connectivity index (χ2n) is 3.91. The number of hydrogen-bond acceptors (Lipinski definition) is 0. The van der Waals surface area contributed by atoms with Crippen LogP contribution in [-0.4, -0.2) is 0 Å². The lowest BCUT2D eigenvalue weighted by molar-refractivity contribution is 0.266. The van der Waals surface area contributed by atoms with Crippen LogP contribution in [0.2, 0.25) is 0 Å². The summed E-state index contributed by atoms with van der Waals surface area (Å²) in [6, 6.07) is 0. The molecule has 0 aliphatic heterocycles. The summed E-state index contributed by atoms with van der Waals surface area (Å²) in [5.74, 6) is 1.20. The van der Waals surface area contributed by atoms with Crippen LogP contribution in [-0.2, 0) is 0 Å². The molecule has 52 valence electrons. The van der Waals surface area contributed by atoms with Crippen molar-refractivity contribution in [3.05, 3.63) is 0 Å². The molecular formula is C9H16. The predicted molar refractivity (Wildman–Crippen MR) is 39.3 cm³/mol. The topological polar surface area (TPSA) is 0 Å². The van der Waals surface area contributed by atoms with E-state index in [-0.39, 0.29) is 0 Å². The average Bonchev–Trinajstić information content (AvgIpc) is 2.34. The second kappa shape index (κ2) is 1.74. The van der Waals surface area contributed by atoms with E-state index in [1.54, 1.807) is 25.7 Å². The Bertz CT molecular complexity index is 113. The molecule has 2 unspecified atom stereocenters. The molecule has 0 amide bonds. The molecule has 9 heavy (non-hydrogen) atoms. The fraction of sp³-hybridized carbons (Fsp3) is 1.00. The van der Waals surface area contributed by atoms with Gasteiger partial charge in [-0.25, -0.2) is 0 Å². The van der Waals surface area contributed by atoms with E-state index in [4.69, 9.17) is 0 Å². The Balaban J connectivity index is 1.75. The van der Waals surface area contributed by atoms with Crippen molar-refractivity contribution >= 4 is 0 Å². The first-order chi connectivity index (χ1) is 4.37. The van der Waals surface area contributed by atoms with Crippen molar-refractivity contribution in [3.63, 3.8) is 0 Å². The molecule has 0 aromatic carbocycles. The third-order valence-electron chi connectivity index (χ3n) is 3.38. The van der Waals surface area contributed by atoms with Gasteiger partial charge >= 0.3 is 0 Å². The summed E-state index contributed by atoms with van der Waals surface area (Å²) in [7, 11) is 0. The number of hydrogen-bond donors (Lipinski definition) is 0. The monoisotopic (exact) mass is 124 g/mol. The Morgan fingerprint density at radius 2 is 2.44 bits per heavy atom. The average molecular weight is 124 g/mol. The molecule has 0 radical (unpaired) electrons. The summed E-state index contributed by atoms with van der Waals surface area (Å²) in [5, 5.41) is 0. The van der Waals surface area contributed by atoms with Crippen LogP contribution >= 0.6 is 0 Å². The van der Waals surface area contributed by atoms with E-state index in [1.807, 2.05) is 0 Å². The molecule has 0 heterocycles. The highest BCUT2D eigenvalue weighted by Crippen LogP contribution is 2.69. The van der Waals surface area contributed by atoms with Crippen LogP contribution in [0.4, 0.5) is 0 Å².